The molecule has 0 aromatic heterocycles. The molecular weight excluding hydrogens is 272 g/mol. The van der Waals surface area contributed by atoms with Gasteiger partial charge in [0.1, 0.15) is 11.4 Å². The Morgan fingerprint density at radius 2 is 1.95 bits per heavy atom. The fourth-order valence-electron chi connectivity index (χ4n) is 3.98. The van der Waals surface area contributed by atoms with Gasteiger partial charge in [-0.15, -0.1) is 0 Å². The van der Waals surface area contributed by atoms with Gasteiger partial charge in [0.05, 0.1) is 0 Å². The van der Waals surface area contributed by atoms with Crippen molar-refractivity contribution in [3.05, 3.63) is 29.3 Å². The fraction of sp³-hybridized carbons (Fsp3) is 0.684. The minimum Gasteiger partial charge on any atom is -0.487 e. The Hall–Kier alpha value is -1.06. The van der Waals surface area contributed by atoms with Crippen LogP contribution < -0.4 is 10.1 Å². The number of hydrogen-bond acceptors (Lipinski definition) is 3. The molecule has 3 heteroatoms. The van der Waals surface area contributed by atoms with Crippen LogP contribution in [0.25, 0.3) is 0 Å². The Balaban J connectivity index is 1.34. The van der Waals surface area contributed by atoms with Crippen molar-refractivity contribution >= 4 is 0 Å². The molecule has 120 valence electrons. The molecule has 1 saturated heterocycles. The summed E-state index contributed by atoms with van der Waals surface area (Å²) in [6.07, 6.45) is 6.47. The summed E-state index contributed by atoms with van der Waals surface area (Å²) in [6.45, 7) is 7.85. The molecule has 2 fully saturated rings. The highest BCUT2D eigenvalue weighted by Crippen LogP contribution is 2.37. The van der Waals surface area contributed by atoms with Crippen LogP contribution in [-0.2, 0) is 13.0 Å². The molecule has 3 aliphatic rings. The van der Waals surface area contributed by atoms with Crippen LogP contribution in [0.15, 0.2) is 18.2 Å². The molecule has 0 bridgehead atoms. The Labute approximate surface area is 134 Å². The van der Waals surface area contributed by atoms with E-state index < -0.39 is 0 Å². The fourth-order valence-corrected chi connectivity index (χ4v) is 3.98. The van der Waals surface area contributed by atoms with E-state index in [2.05, 4.69) is 42.3 Å². The molecule has 1 aliphatic carbocycles. The van der Waals surface area contributed by atoms with E-state index in [1.165, 1.54) is 49.9 Å². The average Bonchev–Trinajstić information content (AvgIpc) is 3.28. The van der Waals surface area contributed by atoms with Crippen molar-refractivity contribution in [3.8, 4) is 5.75 Å². The average molecular weight is 300 g/mol. The van der Waals surface area contributed by atoms with Crippen LogP contribution in [0.2, 0.25) is 0 Å². The molecule has 0 radical (unpaired) electrons. The molecular formula is C19H28N2O. The molecule has 2 heterocycles. The highest BCUT2D eigenvalue weighted by atomic mass is 16.5. The van der Waals surface area contributed by atoms with Gasteiger partial charge in [-0.3, -0.25) is 0 Å². The van der Waals surface area contributed by atoms with Crippen LogP contribution >= 0.6 is 0 Å². The van der Waals surface area contributed by atoms with Crippen LogP contribution in [-0.4, -0.2) is 35.7 Å². The van der Waals surface area contributed by atoms with Crippen molar-refractivity contribution in [3.63, 3.8) is 0 Å². The van der Waals surface area contributed by atoms with Gasteiger partial charge in [0.25, 0.3) is 0 Å². The van der Waals surface area contributed by atoms with Crippen LogP contribution in [0.3, 0.4) is 0 Å². The number of likely N-dealkylation sites (tertiary alicyclic amines) is 1. The first kappa shape index (κ1) is 14.5. The highest BCUT2D eigenvalue weighted by Gasteiger charge is 2.33. The maximum atomic E-state index is 6.17. The SMILES string of the molecule is CC1(C)Cc2cccc(CNC3CCN(C4CC4)CC3)c2O1. The third kappa shape index (κ3) is 3.02. The summed E-state index contributed by atoms with van der Waals surface area (Å²) >= 11 is 0. The van der Waals surface area contributed by atoms with E-state index in [4.69, 9.17) is 4.74 Å². The number of nitrogens with zero attached hydrogens (tertiary/aromatic N) is 1. The second-order valence-electron chi connectivity index (χ2n) is 7.87. The Morgan fingerprint density at radius 3 is 2.68 bits per heavy atom. The number of benzene rings is 1. The topological polar surface area (TPSA) is 24.5 Å². The lowest BCUT2D eigenvalue weighted by Crippen LogP contribution is -2.43. The van der Waals surface area contributed by atoms with Crippen LogP contribution in [0.4, 0.5) is 0 Å². The minimum atomic E-state index is -0.0476. The van der Waals surface area contributed by atoms with E-state index in [0.717, 1.165) is 24.8 Å². The standard InChI is InChI=1S/C19H28N2O/c1-19(2)12-14-4-3-5-15(18(14)22-19)13-20-16-8-10-21(11-9-16)17-6-7-17/h3-5,16-17,20H,6-13H2,1-2H3. The van der Waals surface area contributed by atoms with Crippen molar-refractivity contribution < 1.29 is 4.74 Å². The number of piperidine rings is 1. The quantitative estimate of drug-likeness (QED) is 0.924. The summed E-state index contributed by atoms with van der Waals surface area (Å²) in [6, 6.07) is 8.19. The molecule has 0 amide bonds. The largest absolute Gasteiger partial charge is 0.487 e. The van der Waals surface area contributed by atoms with Crippen molar-refractivity contribution in [1.29, 1.82) is 0 Å². The summed E-state index contributed by atoms with van der Waals surface area (Å²) in [5.41, 5.74) is 2.65. The third-order valence-electron chi connectivity index (χ3n) is 5.35. The molecule has 0 atom stereocenters. The van der Waals surface area contributed by atoms with Crippen molar-refractivity contribution in [2.75, 3.05) is 13.1 Å². The highest BCUT2D eigenvalue weighted by molar-refractivity contribution is 5.45. The first-order valence-corrected chi connectivity index (χ1v) is 8.88. The monoisotopic (exact) mass is 300 g/mol. The lowest BCUT2D eigenvalue weighted by atomic mass is 10.00. The molecule has 0 unspecified atom stereocenters. The van der Waals surface area contributed by atoms with E-state index in [1.54, 1.807) is 0 Å². The number of rotatable bonds is 4. The van der Waals surface area contributed by atoms with Crippen LogP contribution in [0.1, 0.15) is 50.7 Å². The first-order chi connectivity index (χ1) is 10.6. The first-order valence-electron chi connectivity index (χ1n) is 8.88. The van der Waals surface area contributed by atoms with E-state index in [9.17, 15) is 0 Å². The maximum Gasteiger partial charge on any atom is 0.127 e. The Morgan fingerprint density at radius 1 is 1.18 bits per heavy atom. The van der Waals surface area contributed by atoms with Crippen LogP contribution in [0.5, 0.6) is 5.75 Å². The van der Waals surface area contributed by atoms with Gasteiger partial charge in [0.2, 0.25) is 0 Å². The Kier molecular flexibility index (Phi) is 3.66. The summed E-state index contributed by atoms with van der Waals surface area (Å²) in [7, 11) is 0. The smallest absolute Gasteiger partial charge is 0.127 e. The molecule has 22 heavy (non-hydrogen) atoms. The predicted octanol–water partition coefficient (Wildman–Crippen LogP) is 3.12. The lowest BCUT2D eigenvalue weighted by molar-refractivity contribution is 0.136. The number of para-hydroxylation sites is 1. The summed E-state index contributed by atoms with van der Waals surface area (Å²) in [5.74, 6) is 1.13. The van der Waals surface area contributed by atoms with E-state index in [0.29, 0.717) is 6.04 Å². The van der Waals surface area contributed by atoms with Gasteiger partial charge in [-0.25, -0.2) is 0 Å². The molecule has 0 spiro atoms. The second-order valence-corrected chi connectivity index (χ2v) is 7.87. The van der Waals surface area contributed by atoms with Gasteiger partial charge in [-0.05, 0) is 58.2 Å². The zero-order valence-corrected chi connectivity index (χ0v) is 13.9. The molecule has 1 saturated carbocycles. The summed E-state index contributed by atoms with van der Waals surface area (Å²) < 4.78 is 6.17. The van der Waals surface area contributed by atoms with Gasteiger partial charge in [0, 0.05) is 30.6 Å². The van der Waals surface area contributed by atoms with Gasteiger partial charge in [-0.1, -0.05) is 18.2 Å². The van der Waals surface area contributed by atoms with Gasteiger partial charge >= 0.3 is 0 Å². The zero-order chi connectivity index (χ0) is 15.2. The number of fused-ring (bicyclic) bond motifs is 1. The number of ether oxygens (including phenoxy) is 1. The molecule has 4 rings (SSSR count). The molecule has 2 aliphatic heterocycles. The van der Waals surface area contributed by atoms with Gasteiger partial charge in [-0.2, -0.15) is 0 Å². The summed E-state index contributed by atoms with van der Waals surface area (Å²) in [4.78, 5) is 2.68. The van der Waals surface area contributed by atoms with Gasteiger partial charge in [0.15, 0.2) is 0 Å². The number of hydrogen-bond donors (Lipinski definition) is 1. The Bertz CT molecular complexity index is 542. The predicted molar refractivity (Wildman–Crippen MR) is 89.3 cm³/mol. The zero-order valence-electron chi connectivity index (χ0n) is 13.9. The van der Waals surface area contributed by atoms with Crippen molar-refractivity contribution in [2.24, 2.45) is 0 Å². The molecule has 1 aromatic carbocycles. The lowest BCUT2D eigenvalue weighted by Gasteiger charge is -2.32. The number of nitrogens with one attached hydrogen (secondary N) is 1. The maximum absolute atomic E-state index is 6.17. The third-order valence-corrected chi connectivity index (χ3v) is 5.35. The summed E-state index contributed by atoms with van der Waals surface area (Å²) in [5, 5.41) is 3.77. The van der Waals surface area contributed by atoms with E-state index >= 15 is 0 Å². The van der Waals surface area contributed by atoms with E-state index in [1.807, 2.05) is 0 Å². The van der Waals surface area contributed by atoms with Crippen molar-refractivity contribution in [1.82, 2.24) is 10.2 Å². The van der Waals surface area contributed by atoms with Crippen LogP contribution in [0, 0.1) is 0 Å². The van der Waals surface area contributed by atoms with Crippen molar-refractivity contribution in [2.45, 2.75) is 70.2 Å². The van der Waals surface area contributed by atoms with E-state index in [-0.39, 0.29) is 5.60 Å². The molecule has 1 aromatic rings. The molecule has 1 N–H and O–H groups in total. The normalized spacial score (nSPS) is 25.0. The molecule has 3 nitrogen and oxygen atoms in total. The second kappa shape index (κ2) is 5.54. The minimum absolute atomic E-state index is 0.0476. The van der Waals surface area contributed by atoms with Gasteiger partial charge < -0.3 is 15.0 Å².